The van der Waals surface area contributed by atoms with Gasteiger partial charge < -0.3 is 20.1 Å². The molecule has 0 aromatic heterocycles. The maximum atomic E-state index is 6.23. The third-order valence-corrected chi connectivity index (χ3v) is 3.48. The van der Waals surface area contributed by atoms with E-state index in [-0.39, 0.29) is 6.04 Å². The molecule has 0 saturated carbocycles. The molecule has 1 saturated heterocycles. The molecule has 3 rings (SSSR count). The number of nitrogens with two attached hydrogens (primary N) is 1. The molecule has 1 aromatic rings. The van der Waals surface area contributed by atoms with Gasteiger partial charge in [0.05, 0.1) is 0 Å². The summed E-state index contributed by atoms with van der Waals surface area (Å²) in [6.07, 6.45) is 2.60. The van der Waals surface area contributed by atoms with Crippen LogP contribution >= 0.6 is 0 Å². The molecule has 0 amide bonds. The zero-order valence-corrected chi connectivity index (χ0v) is 9.89. The maximum Gasteiger partial charge on any atom is 0.231 e. The van der Waals surface area contributed by atoms with Crippen molar-refractivity contribution in [3.05, 3.63) is 23.8 Å². The number of fused-ring (bicyclic) bond motifs is 1. The van der Waals surface area contributed by atoms with Gasteiger partial charge in [-0.05, 0) is 43.6 Å². The normalized spacial score (nSPS) is 20.8. The zero-order valence-electron chi connectivity index (χ0n) is 9.89. The van der Waals surface area contributed by atoms with Gasteiger partial charge in [-0.3, -0.25) is 0 Å². The highest BCUT2D eigenvalue weighted by Gasteiger charge is 2.19. The molecule has 1 aromatic carbocycles. The summed E-state index contributed by atoms with van der Waals surface area (Å²) in [7, 11) is 0. The van der Waals surface area contributed by atoms with Crippen LogP contribution in [-0.4, -0.2) is 31.3 Å². The summed E-state index contributed by atoms with van der Waals surface area (Å²) < 4.78 is 10.7. The molecule has 92 valence electrons. The van der Waals surface area contributed by atoms with E-state index in [4.69, 9.17) is 15.2 Å². The van der Waals surface area contributed by atoms with Gasteiger partial charge in [0.15, 0.2) is 11.5 Å². The minimum atomic E-state index is 0.0580. The second kappa shape index (κ2) is 4.55. The largest absolute Gasteiger partial charge is 0.454 e. The van der Waals surface area contributed by atoms with Crippen LogP contribution in [0.2, 0.25) is 0 Å². The van der Waals surface area contributed by atoms with Gasteiger partial charge in [0.2, 0.25) is 6.79 Å². The SMILES string of the molecule is NC(CN1CCCC1)c1ccc2c(c1)OCO2. The predicted molar refractivity (Wildman–Crippen MR) is 65.2 cm³/mol. The first-order chi connectivity index (χ1) is 8.33. The summed E-state index contributed by atoms with van der Waals surface area (Å²) in [5, 5.41) is 0. The van der Waals surface area contributed by atoms with Crippen molar-refractivity contribution in [1.82, 2.24) is 4.90 Å². The number of hydrogen-bond acceptors (Lipinski definition) is 4. The Morgan fingerprint density at radius 1 is 1.18 bits per heavy atom. The van der Waals surface area contributed by atoms with Gasteiger partial charge >= 0.3 is 0 Å². The topological polar surface area (TPSA) is 47.7 Å². The average molecular weight is 234 g/mol. The first-order valence-electron chi connectivity index (χ1n) is 6.20. The number of ether oxygens (including phenoxy) is 2. The fourth-order valence-corrected chi connectivity index (χ4v) is 2.49. The van der Waals surface area contributed by atoms with Crippen LogP contribution in [0.15, 0.2) is 18.2 Å². The highest BCUT2D eigenvalue weighted by Crippen LogP contribution is 2.34. The molecular weight excluding hydrogens is 216 g/mol. The van der Waals surface area contributed by atoms with Crippen LogP contribution in [0.3, 0.4) is 0 Å². The minimum Gasteiger partial charge on any atom is -0.454 e. The van der Waals surface area contributed by atoms with Crippen molar-refractivity contribution in [2.24, 2.45) is 5.73 Å². The van der Waals surface area contributed by atoms with E-state index in [1.54, 1.807) is 0 Å². The molecule has 4 heteroatoms. The number of rotatable bonds is 3. The highest BCUT2D eigenvalue weighted by molar-refractivity contribution is 5.45. The predicted octanol–water partition coefficient (Wildman–Crippen LogP) is 1.51. The molecule has 1 fully saturated rings. The van der Waals surface area contributed by atoms with Gasteiger partial charge in [0, 0.05) is 12.6 Å². The highest BCUT2D eigenvalue weighted by atomic mass is 16.7. The van der Waals surface area contributed by atoms with Gasteiger partial charge in [-0.25, -0.2) is 0 Å². The number of hydrogen-bond donors (Lipinski definition) is 1. The smallest absolute Gasteiger partial charge is 0.231 e. The molecule has 0 aliphatic carbocycles. The summed E-state index contributed by atoms with van der Waals surface area (Å²) in [5.74, 6) is 1.64. The number of likely N-dealkylation sites (tertiary alicyclic amines) is 1. The molecule has 0 spiro atoms. The van der Waals surface area contributed by atoms with Crippen LogP contribution in [0.1, 0.15) is 24.4 Å². The lowest BCUT2D eigenvalue weighted by Gasteiger charge is -2.20. The summed E-state index contributed by atoms with van der Waals surface area (Å²) in [6, 6.07) is 6.04. The third-order valence-electron chi connectivity index (χ3n) is 3.48. The van der Waals surface area contributed by atoms with Gasteiger partial charge in [-0.2, -0.15) is 0 Å². The Balaban J connectivity index is 1.70. The molecule has 2 aliphatic heterocycles. The van der Waals surface area contributed by atoms with Gasteiger partial charge in [0.25, 0.3) is 0 Å². The maximum absolute atomic E-state index is 6.23. The summed E-state index contributed by atoms with van der Waals surface area (Å²) >= 11 is 0. The van der Waals surface area contributed by atoms with Gasteiger partial charge in [-0.15, -0.1) is 0 Å². The van der Waals surface area contributed by atoms with E-state index in [0.717, 1.165) is 23.6 Å². The van der Waals surface area contributed by atoms with Crippen molar-refractivity contribution in [3.63, 3.8) is 0 Å². The monoisotopic (exact) mass is 234 g/mol. The van der Waals surface area contributed by atoms with Crippen molar-refractivity contribution in [2.75, 3.05) is 26.4 Å². The fraction of sp³-hybridized carbons (Fsp3) is 0.538. The van der Waals surface area contributed by atoms with Gasteiger partial charge in [-0.1, -0.05) is 6.07 Å². The summed E-state index contributed by atoms with van der Waals surface area (Å²) in [5.41, 5.74) is 7.36. The molecule has 0 bridgehead atoms. The average Bonchev–Trinajstić information content (AvgIpc) is 2.97. The quantitative estimate of drug-likeness (QED) is 0.861. The Labute approximate surface area is 101 Å². The van der Waals surface area contributed by atoms with Crippen LogP contribution in [-0.2, 0) is 0 Å². The first kappa shape index (κ1) is 10.9. The van der Waals surface area contributed by atoms with Crippen molar-refractivity contribution in [3.8, 4) is 11.5 Å². The second-order valence-electron chi connectivity index (χ2n) is 4.73. The molecule has 1 atom stereocenters. The Morgan fingerprint density at radius 2 is 1.94 bits per heavy atom. The second-order valence-corrected chi connectivity index (χ2v) is 4.73. The van der Waals surface area contributed by atoms with Crippen molar-refractivity contribution >= 4 is 0 Å². The van der Waals surface area contributed by atoms with Crippen LogP contribution in [0.5, 0.6) is 11.5 Å². The molecule has 0 radical (unpaired) electrons. The summed E-state index contributed by atoms with van der Waals surface area (Å²) in [6.45, 7) is 3.61. The number of nitrogens with zero attached hydrogens (tertiary/aromatic N) is 1. The summed E-state index contributed by atoms with van der Waals surface area (Å²) in [4.78, 5) is 2.43. The molecule has 2 heterocycles. The molecule has 2 aliphatic rings. The Kier molecular flexibility index (Phi) is 2.91. The lowest BCUT2D eigenvalue weighted by atomic mass is 10.1. The van der Waals surface area contributed by atoms with E-state index in [9.17, 15) is 0 Å². The molecule has 4 nitrogen and oxygen atoms in total. The standard InChI is InChI=1S/C13H18N2O2/c14-11(8-15-5-1-2-6-15)10-3-4-12-13(7-10)17-9-16-12/h3-4,7,11H,1-2,5-6,8-9,14H2. The van der Waals surface area contributed by atoms with E-state index in [0.29, 0.717) is 6.79 Å². The fourth-order valence-electron chi connectivity index (χ4n) is 2.49. The van der Waals surface area contributed by atoms with Crippen LogP contribution < -0.4 is 15.2 Å². The Morgan fingerprint density at radius 3 is 2.76 bits per heavy atom. The minimum absolute atomic E-state index is 0.0580. The van der Waals surface area contributed by atoms with E-state index in [1.165, 1.54) is 25.9 Å². The Hall–Kier alpha value is -1.26. The molecule has 1 unspecified atom stereocenters. The van der Waals surface area contributed by atoms with Crippen LogP contribution in [0.4, 0.5) is 0 Å². The number of benzene rings is 1. The van der Waals surface area contributed by atoms with Crippen molar-refractivity contribution in [1.29, 1.82) is 0 Å². The van der Waals surface area contributed by atoms with E-state index in [1.807, 2.05) is 18.2 Å². The van der Waals surface area contributed by atoms with E-state index >= 15 is 0 Å². The Bertz CT molecular complexity index is 402. The third kappa shape index (κ3) is 2.23. The molecule has 2 N–H and O–H groups in total. The molecule has 17 heavy (non-hydrogen) atoms. The van der Waals surface area contributed by atoms with Crippen LogP contribution in [0.25, 0.3) is 0 Å². The van der Waals surface area contributed by atoms with Crippen LogP contribution in [0, 0.1) is 0 Å². The van der Waals surface area contributed by atoms with Gasteiger partial charge in [0.1, 0.15) is 0 Å². The molecular formula is C13H18N2O2. The zero-order chi connectivity index (χ0) is 11.7. The first-order valence-corrected chi connectivity index (χ1v) is 6.20. The lowest BCUT2D eigenvalue weighted by molar-refractivity contribution is 0.174. The van der Waals surface area contributed by atoms with E-state index in [2.05, 4.69) is 4.90 Å². The lowest BCUT2D eigenvalue weighted by Crippen LogP contribution is -2.29. The van der Waals surface area contributed by atoms with Crippen molar-refractivity contribution in [2.45, 2.75) is 18.9 Å². The van der Waals surface area contributed by atoms with Crippen molar-refractivity contribution < 1.29 is 9.47 Å². The van der Waals surface area contributed by atoms with E-state index < -0.39 is 0 Å².